The summed E-state index contributed by atoms with van der Waals surface area (Å²) in [7, 11) is 0. The Bertz CT molecular complexity index is 370. The molecule has 1 aliphatic rings. The molecule has 1 fully saturated rings. The van der Waals surface area contributed by atoms with Crippen LogP contribution >= 0.6 is 0 Å². The summed E-state index contributed by atoms with van der Waals surface area (Å²) in [4.78, 5) is 6.42. The third-order valence-electron chi connectivity index (χ3n) is 2.80. The summed E-state index contributed by atoms with van der Waals surface area (Å²) >= 11 is 0. The molecule has 16 heavy (non-hydrogen) atoms. The smallest absolute Gasteiger partial charge is 0.130 e. The molecule has 0 radical (unpaired) electrons. The number of nitrogen functional groups attached to an aromatic ring is 1. The zero-order chi connectivity index (χ0) is 11.5. The summed E-state index contributed by atoms with van der Waals surface area (Å²) in [5.74, 6) is 0.852. The van der Waals surface area contributed by atoms with Crippen molar-refractivity contribution in [3.8, 4) is 0 Å². The first-order chi connectivity index (χ1) is 7.70. The zero-order valence-electron chi connectivity index (χ0n) is 9.39. The van der Waals surface area contributed by atoms with Crippen LogP contribution in [0.2, 0.25) is 0 Å². The number of aliphatic hydroxyl groups is 1. The summed E-state index contributed by atoms with van der Waals surface area (Å²) in [5.41, 5.74) is 7.58. The summed E-state index contributed by atoms with van der Waals surface area (Å²) in [6.45, 7) is 4.03. The number of anilines is 2. The lowest BCUT2D eigenvalue weighted by molar-refractivity contribution is 0.00336. The largest absolute Gasteiger partial charge is 0.398 e. The first-order valence-electron chi connectivity index (χ1n) is 5.40. The molecular formula is C11H17N3O2. The van der Waals surface area contributed by atoms with Crippen molar-refractivity contribution in [3.63, 3.8) is 0 Å². The van der Waals surface area contributed by atoms with E-state index in [1.165, 1.54) is 0 Å². The van der Waals surface area contributed by atoms with Gasteiger partial charge in [-0.2, -0.15) is 0 Å². The molecule has 2 rings (SSSR count). The van der Waals surface area contributed by atoms with E-state index in [-0.39, 0.29) is 12.7 Å². The normalized spacial score (nSPS) is 21.1. The van der Waals surface area contributed by atoms with Gasteiger partial charge in [0.15, 0.2) is 0 Å². The van der Waals surface area contributed by atoms with Crippen LogP contribution in [0, 0.1) is 6.92 Å². The molecule has 5 nitrogen and oxygen atoms in total. The van der Waals surface area contributed by atoms with Crippen LogP contribution in [0.3, 0.4) is 0 Å². The van der Waals surface area contributed by atoms with Crippen molar-refractivity contribution in [2.45, 2.75) is 13.0 Å². The highest BCUT2D eigenvalue weighted by atomic mass is 16.5. The number of aryl methyl sites for hydroxylation is 1. The Labute approximate surface area is 94.8 Å². The molecule has 1 aromatic rings. The van der Waals surface area contributed by atoms with Gasteiger partial charge in [-0.1, -0.05) is 0 Å². The fraction of sp³-hybridized carbons (Fsp3) is 0.545. The Kier molecular flexibility index (Phi) is 3.26. The summed E-state index contributed by atoms with van der Waals surface area (Å²) in [5, 5.41) is 9.06. The van der Waals surface area contributed by atoms with Gasteiger partial charge in [0.2, 0.25) is 0 Å². The number of nitrogens with zero attached hydrogens (tertiary/aromatic N) is 2. The van der Waals surface area contributed by atoms with Crippen LogP contribution in [0.4, 0.5) is 11.5 Å². The van der Waals surface area contributed by atoms with E-state index in [1.807, 2.05) is 13.0 Å². The van der Waals surface area contributed by atoms with Crippen LogP contribution in [-0.2, 0) is 4.74 Å². The van der Waals surface area contributed by atoms with E-state index in [1.54, 1.807) is 6.20 Å². The lowest BCUT2D eigenvalue weighted by Crippen LogP contribution is -2.44. The lowest BCUT2D eigenvalue weighted by Gasteiger charge is -2.33. The second-order valence-corrected chi connectivity index (χ2v) is 4.02. The number of nitrogens with two attached hydrogens (primary N) is 1. The van der Waals surface area contributed by atoms with Crippen LogP contribution in [0.15, 0.2) is 12.3 Å². The molecule has 1 saturated heterocycles. The molecule has 0 amide bonds. The number of aromatic nitrogens is 1. The Morgan fingerprint density at radius 3 is 3.19 bits per heavy atom. The number of pyridine rings is 1. The maximum absolute atomic E-state index is 9.06. The molecule has 1 aromatic heterocycles. The molecule has 0 saturated carbocycles. The second-order valence-electron chi connectivity index (χ2n) is 4.02. The zero-order valence-corrected chi connectivity index (χ0v) is 9.39. The van der Waals surface area contributed by atoms with E-state index >= 15 is 0 Å². The van der Waals surface area contributed by atoms with Crippen LogP contribution in [0.5, 0.6) is 0 Å². The maximum atomic E-state index is 9.06. The summed E-state index contributed by atoms with van der Waals surface area (Å²) in [6, 6.07) is 1.87. The standard InChI is InChI=1S/C11H17N3O2/c1-8-5-13-11(4-10(8)12)14-2-3-16-9(6-14)7-15/h4-5,9,15H,2-3,6-7H2,1H3,(H2,12,13). The number of rotatable bonds is 2. The molecule has 0 aliphatic carbocycles. The minimum absolute atomic E-state index is 0.0395. The first kappa shape index (κ1) is 11.2. The molecule has 1 atom stereocenters. The van der Waals surface area contributed by atoms with Gasteiger partial charge in [-0.3, -0.25) is 0 Å². The van der Waals surface area contributed by atoms with E-state index < -0.39 is 0 Å². The van der Waals surface area contributed by atoms with Gasteiger partial charge in [0.25, 0.3) is 0 Å². The van der Waals surface area contributed by atoms with E-state index in [2.05, 4.69) is 9.88 Å². The molecule has 0 bridgehead atoms. The minimum Gasteiger partial charge on any atom is -0.398 e. The van der Waals surface area contributed by atoms with Gasteiger partial charge < -0.3 is 20.5 Å². The Hall–Kier alpha value is -1.33. The molecule has 0 aromatic carbocycles. The molecule has 1 unspecified atom stereocenters. The van der Waals surface area contributed by atoms with Crippen molar-refractivity contribution in [3.05, 3.63) is 17.8 Å². The van der Waals surface area contributed by atoms with Crippen LogP contribution < -0.4 is 10.6 Å². The predicted octanol–water partition coefficient (Wildman–Crippen LogP) is 0.170. The molecule has 3 N–H and O–H groups in total. The molecule has 2 heterocycles. The fourth-order valence-corrected chi connectivity index (χ4v) is 1.74. The monoisotopic (exact) mass is 223 g/mol. The van der Waals surface area contributed by atoms with Gasteiger partial charge in [-0.05, 0) is 12.5 Å². The molecular weight excluding hydrogens is 206 g/mol. The quantitative estimate of drug-likeness (QED) is 0.748. The van der Waals surface area contributed by atoms with E-state index in [0.29, 0.717) is 13.2 Å². The average molecular weight is 223 g/mol. The number of ether oxygens (including phenoxy) is 1. The van der Waals surface area contributed by atoms with Gasteiger partial charge in [0.1, 0.15) is 5.82 Å². The lowest BCUT2D eigenvalue weighted by atomic mass is 10.2. The topological polar surface area (TPSA) is 71.6 Å². The van der Waals surface area contributed by atoms with Gasteiger partial charge >= 0.3 is 0 Å². The van der Waals surface area contributed by atoms with E-state index in [0.717, 1.165) is 23.6 Å². The first-order valence-corrected chi connectivity index (χ1v) is 5.40. The van der Waals surface area contributed by atoms with Crippen LogP contribution in [0.1, 0.15) is 5.56 Å². The van der Waals surface area contributed by atoms with Crippen LogP contribution in [0.25, 0.3) is 0 Å². The Balaban J connectivity index is 2.13. The maximum Gasteiger partial charge on any atom is 0.130 e. The number of aliphatic hydroxyl groups excluding tert-OH is 1. The van der Waals surface area contributed by atoms with Crippen molar-refractivity contribution in [2.24, 2.45) is 0 Å². The molecule has 0 spiro atoms. The highest BCUT2D eigenvalue weighted by molar-refractivity contribution is 5.54. The second kappa shape index (κ2) is 4.67. The minimum atomic E-state index is -0.127. The number of hydrogen-bond donors (Lipinski definition) is 2. The van der Waals surface area contributed by atoms with Crippen molar-refractivity contribution < 1.29 is 9.84 Å². The van der Waals surface area contributed by atoms with Crippen molar-refractivity contribution in [2.75, 3.05) is 36.9 Å². The number of hydrogen-bond acceptors (Lipinski definition) is 5. The highest BCUT2D eigenvalue weighted by Gasteiger charge is 2.20. The SMILES string of the molecule is Cc1cnc(N2CCOC(CO)C2)cc1N. The van der Waals surface area contributed by atoms with E-state index in [9.17, 15) is 0 Å². The third kappa shape index (κ3) is 2.25. The predicted molar refractivity (Wildman–Crippen MR) is 62.4 cm³/mol. The molecule has 1 aliphatic heterocycles. The number of morpholine rings is 1. The fourth-order valence-electron chi connectivity index (χ4n) is 1.74. The van der Waals surface area contributed by atoms with Crippen molar-refractivity contribution >= 4 is 11.5 Å². The average Bonchev–Trinajstić information content (AvgIpc) is 2.33. The van der Waals surface area contributed by atoms with Crippen LogP contribution in [-0.4, -0.2) is 42.5 Å². The third-order valence-corrected chi connectivity index (χ3v) is 2.80. The van der Waals surface area contributed by atoms with Gasteiger partial charge in [0, 0.05) is 31.0 Å². The van der Waals surface area contributed by atoms with Crippen molar-refractivity contribution in [1.82, 2.24) is 4.98 Å². The van der Waals surface area contributed by atoms with Gasteiger partial charge in [-0.15, -0.1) is 0 Å². The Morgan fingerprint density at radius 1 is 1.69 bits per heavy atom. The highest BCUT2D eigenvalue weighted by Crippen LogP contribution is 2.19. The van der Waals surface area contributed by atoms with Gasteiger partial charge in [-0.25, -0.2) is 4.98 Å². The van der Waals surface area contributed by atoms with E-state index in [4.69, 9.17) is 15.6 Å². The Morgan fingerprint density at radius 2 is 2.50 bits per heavy atom. The summed E-state index contributed by atoms with van der Waals surface area (Å²) in [6.07, 6.45) is 1.65. The molecule has 88 valence electrons. The molecule has 5 heteroatoms. The summed E-state index contributed by atoms with van der Waals surface area (Å²) < 4.78 is 5.38. The van der Waals surface area contributed by atoms with Crippen molar-refractivity contribution in [1.29, 1.82) is 0 Å². The van der Waals surface area contributed by atoms with Gasteiger partial charge in [0.05, 0.1) is 19.3 Å².